The number of hydrogen-bond donors (Lipinski definition) is 2. The van der Waals surface area contributed by atoms with Crippen LogP contribution in [-0.2, 0) is 10.3 Å². The van der Waals surface area contributed by atoms with Gasteiger partial charge < -0.3 is 15.2 Å². The Bertz CT molecular complexity index is 344. The van der Waals surface area contributed by atoms with Crippen LogP contribution in [0.25, 0.3) is 0 Å². The zero-order valence-electron chi connectivity index (χ0n) is 9.70. The third-order valence-electron chi connectivity index (χ3n) is 3.21. The number of rotatable bonds is 2. The number of ether oxygens (including phenoxy) is 1. The number of benzene rings is 1. The fraction of sp³-hybridized carbons (Fsp3) is 0.538. The lowest BCUT2D eigenvalue weighted by atomic mass is 9.88. The van der Waals surface area contributed by atoms with Crippen LogP contribution in [0.2, 0.25) is 0 Å². The minimum atomic E-state index is -0.429. The molecule has 1 fully saturated rings. The average Bonchev–Trinajstić information content (AvgIpc) is 2.56. The summed E-state index contributed by atoms with van der Waals surface area (Å²) < 4.78 is 5.59. The van der Waals surface area contributed by atoms with Crippen molar-refractivity contribution in [2.75, 3.05) is 26.4 Å². The van der Waals surface area contributed by atoms with Gasteiger partial charge in [-0.2, -0.15) is 0 Å². The quantitative estimate of drug-likeness (QED) is 0.788. The molecule has 0 spiro atoms. The highest BCUT2D eigenvalue weighted by molar-refractivity contribution is 5.33. The van der Waals surface area contributed by atoms with Crippen LogP contribution in [0.4, 0.5) is 0 Å². The molecule has 0 aliphatic carbocycles. The fourth-order valence-corrected chi connectivity index (χ4v) is 2.27. The molecule has 0 aromatic heterocycles. The van der Waals surface area contributed by atoms with Crippen molar-refractivity contribution in [3.8, 4) is 0 Å². The summed E-state index contributed by atoms with van der Waals surface area (Å²) in [5.74, 6) is 0. The maximum atomic E-state index is 9.70. The molecule has 88 valence electrons. The monoisotopic (exact) mass is 221 g/mol. The fourth-order valence-electron chi connectivity index (χ4n) is 2.27. The van der Waals surface area contributed by atoms with Gasteiger partial charge in [0.05, 0.1) is 18.8 Å². The second kappa shape index (κ2) is 4.95. The molecule has 0 radical (unpaired) electrons. The van der Waals surface area contributed by atoms with Gasteiger partial charge in [0.1, 0.15) is 0 Å². The van der Waals surface area contributed by atoms with E-state index in [1.165, 1.54) is 5.56 Å². The van der Waals surface area contributed by atoms with Crippen LogP contribution < -0.4 is 5.32 Å². The summed E-state index contributed by atoms with van der Waals surface area (Å²) in [6, 6.07) is 8.15. The van der Waals surface area contributed by atoms with Gasteiger partial charge in [0.25, 0.3) is 0 Å². The number of hydrogen-bond acceptors (Lipinski definition) is 3. The highest BCUT2D eigenvalue weighted by atomic mass is 16.5. The molecule has 3 nitrogen and oxygen atoms in total. The summed E-state index contributed by atoms with van der Waals surface area (Å²) in [6.07, 6.45) is 0.994. The normalized spacial score (nSPS) is 26.4. The van der Waals surface area contributed by atoms with Gasteiger partial charge in [-0.1, -0.05) is 24.3 Å². The van der Waals surface area contributed by atoms with Gasteiger partial charge in [0.15, 0.2) is 0 Å². The van der Waals surface area contributed by atoms with Crippen molar-refractivity contribution in [3.05, 3.63) is 35.4 Å². The van der Waals surface area contributed by atoms with Crippen LogP contribution in [0.3, 0.4) is 0 Å². The van der Waals surface area contributed by atoms with Crippen LogP contribution in [0, 0.1) is 6.92 Å². The third-order valence-corrected chi connectivity index (χ3v) is 3.21. The zero-order valence-corrected chi connectivity index (χ0v) is 9.70. The minimum Gasteiger partial charge on any atom is -0.394 e. The molecule has 1 atom stereocenters. The lowest BCUT2D eigenvalue weighted by molar-refractivity contribution is 0.0548. The second-order valence-corrected chi connectivity index (χ2v) is 4.39. The van der Waals surface area contributed by atoms with E-state index in [1.807, 2.05) is 12.1 Å². The van der Waals surface area contributed by atoms with E-state index in [2.05, 4.69) is 24.4 Å². The Kier molecular flexibility index (Phi) is 3.59. The van der Waals surface area contributed by atoms with Gasteiger partial charge in [0, 0.05) is 6.61 Å². The Balaban J connectivity index is 2.36. The van der Waals surface area contributed by atoms with Crippen molar-refractivity contribution in [1.82, 2.24) is 5.32 Å². The van der Waals surface area contributed by atoms with Gasteiger partial charge in [0.2, 0.25) is 0 Å². The van der Waals surface area contributed by atoms with Crippen molar-refractivity contribution in [2.45, 2.75) is 18.9 Å². The first-order valence-electron chi connectivity index (χ1n) is 5.78. The smallest absolute Gasteiger partial charge is 0.0908 e. The molecular weight excluding hydrogens is 202 g/mol. The van der Waals surface area contributed by atoms with Gasteiger partial charge in [-0.25, -0.2) is 0 Å². The van der Waals surface area contributed by atoms with E-state index in [-0.39, 0.29) is 6.61 Å². The molecule has 3 heteroatoms. The molecule has 1 saturated heterocycles. The molecule has 2 rings (SSSR count). The largest absolute Gasteiger partial charge is 0.394 e. The number of aryl methyl sites for hydroxylation is 1. The maximum Gasteiger partial charge on any atom is 0.0908 e. The minimum absolute atomic E-state index is 0.0673. The van der Waals surface area contributed by atoms with Gasteiger partial charge in [-0.05, 0) is 31.0 Å². The van der Waals surface area contributed by atoms with Crippen LogP contribution in [-0.4, -0.2) is 31.5 Å². The van der Waals surface area contributed by atoms with E-state index < -0.39 is 5.54 Å². The average molecular weight is 221 g/mol. The van der Waals surface area contributed by atoms with E-state index in [0.717, 1.165) is 25.1 Å². The Morgan fingerprint density at radius 2 is 2.25 bits per heavy atom. The van der Waals surface area contributed by atoms with E-state index in [4.69, 9.17) is 4.74 Å². The molecule has 1 aliphatic heterocycles. The van der Waals surface area contributed by atoms with Crippen molar-refractivity contribution in [2.24, 2.45) is 0 Å². The van der Waals surface area contributed by atoms with E-state index in [9.17, 15) is 5.11 Å². The molecule has 0 saturated carbocycles. The topological polar surface area (TPSA) is 41.5 Å². The number of nitrogens with one attached hydrogen (secondary N) is 1. The highest BCUT2D eigenvalue weighted by Gasteiger charge is 2.33. The lowest BCUT2D eigenvalue weighted by Gasteiger charge is -2.32. The highest BCUT2D eigenvalue weighted by Crippen LogP contribution is 2.25. The Morgan fingerprint density at radius 3 is 3.00 bits per heavy atom. The van der Waals surface area contributed by atoms with E-state index >= 15 is 0 Å². The zero-order chi connectivity index (χ0) is 11.4. The molecule has 0 amide bonds. The summed E-state index contributed by atoms with van der Waals surface area (Å²) in [7, 11) is 0. The predicted octanol–water partition coefficient (Wildman–Crippen LogP) is 1.19. The summed E-state index contributed by atoms with van der Waals surface area (Å²) in [5, 5.41) is 13.1. The van der Waals surface area contributed by atoms with Crippen LogP contribution in [0.1, 0.15) is 17.5 Å². The molecule has 1 unspecified atom stereocenters. The van der Waals surface area contributed by atoms with Gasteiger partial charge in [-0.15, -0.1) is 0 Å². The van der Waals surface area contributed by atoms with Gasteiger partial charge >= 0.3 is 0 Å². The predicted molar refractivity (Wildman–Crippen MR) is 63.4 cm³/mol. The second-order valence-electron chi connectivity index (χ2n) is 4.39. The molecule has 2 N–H and O–H groups in total. The summed E-state index contributed by atoms with van der Waals surface area (Å²) in [6.45, 7) is 4.32. The molecular formula is C13H19NO2. The Morgan fingerprint density at radius 1 is 1.44 bits per heavy atom. The molecule has 1 aromatic rings. The molecule has 1 aliphatic rings. The van der Waals surface area contributed by atoms with Crippen LogP contribution in [0.5, 0.6) is 0 Å². The van der Waals surface area contributed by atoms with E-state index in [1.54, 1.807) is 0 Å². The lowest BCUT2D eigenvalue weighted by Crippen LogP contribution is -2.48. The Labute approximate surface area is 96.4 Å². The van der Waals surface area contributed by atoms with Gasteiger partial charge in [-0.3, -0.25) is 0 Å². The first kappa shape index (κ1) is 11.6. The van der Waals surface area contributed by atoms with E-state index in [0.29, 0.717) is 6.61 Å². The molecule has 16 heavy (non-hydrogen) atoms. The van der Waals surface area contributed by atoms with Crippen LogP contribution >= 0.6 is 0 Å². The third kappa shape index (κ3) is 2.12. The number of aliphatic hydroxyl groups excluding tert-OH is 1. The summed E-state index contributed by atoms with van der Waals surface area (Å²) in [5.41, 5.74) is 1.90. The van der Waals surface area contributed by atoms with Crippen molar-refractivity contribution in [3.63, 3.8) is 0 Å². The molecule has 1 aromatic carbocycles. The number of aliphatic hydroxyl groups is 1. The first-order chi connectivity index (χ1) is 7.78. The maximum absolute atomic E-state index is 9.70. The first-order valence-corrected chi connectivity index (χ1v) is 5.78. The van der Waals surface area contributed by atoms with Crippen LogP contribution in [0.15, 0.2) is 24.3 Å². The summed E-state index contributed by atoms with van der Waals surface area (Å²) in [4.78, 5) is 0. The molecule has 1 heterocycles. The molecule has 0 bridgehead atoms. The van der Waals surface area contributed by atoms with Crippen molar-refractivity contribution < 1.29 is 9.84 Å². The summed E-state index contributed by atoms with van der Waals surface area (Å²) >= 11 is 0. The van der Waals surface area contributed by atoms with Crippen molar-refractivity contribution in [1.29, 1.82) is 0 Å². The SMILES string of the molecule is Cc1ccccc1C1(CO)COCCCN1. The van der Waals surface area contributed by atoms with Crippen molar-refractivity contribution >= 4 is 0 Å². The Hall–Kier alpha value is -0.900. The standard InChI is InChI=1S/C13H19NO2/c1-11-5-2-3-6-12(11)13(9-15)10-16-8-4-7-14-13/h2-3,5-6,14-15H,4,7-10H2,1H3.